The molecule has 0 spiro atoms. The second kappa shape index (κ2) is 6.09. The maximum absolute atomic E-state index is 12.4. The monoisotopic (exact) mass is 348 g/mol. The quantitative estimate of drug-likeness (QED) is 0.580. The van der Waals surface area contributed by atoms with E-state index in [1.165, 1.54) is 7.11 Å². The highest BCUT2D eigenvalue weighted by molar-refractivity contribution is 6.30. The zero-order valence-electron chi connectivity index (χ0n) is 13.4. The molecule has 126 valence electrons. The van der Waals surface area contributed by atoms with Gasteiger partial charge in [-0.2, -0.15) is 0 Å². The molecule has 0 aliphatic carbocycles. The lowest BCUT2D eigenvalue weighted by Crippen LogP contribution is -2.20. The molecule has 0 atom stereocenters. The average Bonchev–Trinajstić information content (AvgIpc) is 3.05. The summed E-state index contributed by atoms with van der Waals surface area (Å²) in [5, 5.41) is 11.2. The maximum atomic E-state index is 12.4. The summed E-state index contributed by atoms with van der Waals surface area (Å²) in [4.78, 5) is 24.7. The van der Waals surface area contributed by atoms with Gasteiger partial charge in [0.05, 0.1) is 24.2 Å². The van der Waals surface area contributed by atoms with E-state index in [4.69, 9.17) is 16.3 Å². The van der Waals surface area contributed by atoms with Gasteiger partial charge in [-0.05, 0) is 32.0 Å². The third-order valence-electron chi connectivity index (χ3n) is 4.10. The van der Waals surface area contributed by atoms with E-state index >= 15 is 0 Å². The normalized spacial score (nSPS) is 11.2. The van der Waals surface area contributed by atoms with Crippen molar-refractivity contribution in [1.82, 2.24) is 20.4 Å². The Bertz CT molecular complexity index is 941. The fourth-order valence-electron chi connectivity index (χ4n) is 2.99. The van der Waals surface area contributed by atoms with Crippen LogP contribution in [0.1, 0.15) is 34.0 Å². The van der Waals surface area contributed by atoms with E-state index in [-0.39, 0.29) is 11.1 Å². The van der Waals surface area contributed by atoms with Gasteiger partial charge >= 0.3 is 0 Å². The van der Waals surface area contributed by atoms with Crippen molar-refractivity contribution in [2.75, 3.05) is 7.11 Å². The molecule has 2 heterocycles. The van der Waals surface area contributed by atoms with E-state index in [9.17, 15) is 9.59 Å². The zero-order valence-corrected chi connectivity index (χ0v) is 14.2. The number of nitrogens with one attached hydrogen (secondary N) is 4. The number of methoxy groups -OCH3 is 1. The molecular formula is C16H17ClN4O3. The van der Waals surface area contributed by atoms with Crippen LogP contribution in [0.5, 0.6) is 5.75 Å². The van der Waals surface area contributed by atoms with E-state index in [1.54, 1.807) is 32.0 Å². The van der Waals surface area contributed by atoms with Crippen LogP contribution in [0.3, 0.4) is 0 Å². The van der Waals surface area contributed by atoms with E-state index < -0.39 is 5.92 Å². The molecule has 3 aromatic rings. The summed E-state index contributed by atoms with van der Waals surface area (Å²) in [6.07, 6.45) is 0. The van der Waals surface area contributed by atoms with E-state index in [0.29, 0.717) is 38.9 Å². The number of aromatic nitrogens is 4. The number of hydrogen-bond donors (Lipinski definition) is 4. The Labute approximate surface area is 142 Å². The third-order valence-corrected chi connectivity index (χ3v) is 4.34. The van der Waals surface area contributed by atoms with E-state index in [2.05, 4.69) is 20.4 Å². The van der Waals surface area contributed by atoms with Gasteiger partial charge in [-0.3, -0.25) is 19.8 Å². The average molecular weight is 349 g/mol. The Hall–Kier alpha value is -2.67. The summed E-state index contributed by atoms with van der Waals surface area (Å²) in [5.41, 5.74) is 2.25. The minimum Gasteiger partial charge on any atom is -0.496 e. The van der Waals surface area contributed by atoms with Crippen LogP contribution < -0.4 is 15.9 Å². The molecule has 0 unspecified atom stereocenters. The van der Waals surface area contributed by atoms with Crippen LogP contribution in [0.25, 0.3) is 0 Å². The second-order valence-corrected chi connectivity index (χ2v) is 5.99. The van der Waals surface area contributed by atoms with Crippen molar-refractivity contribution in [2.24, 2.45) is 0 Å². The highest BCUT2D eigenvalue weighted by atomic mass is 35.5. The molecule has 4 N–H and O–H groups in total. The molecule has 0 fully saturated rings. The van der Waals surface area contributed by atoms with Crippen LogP contribution in [0.15, 0.2) is 27.8 Å². The van der Waals surface area contributed by atoms with Gasteiger partial charge in [0.1, 0.15) is 5.75 Å². The summed E-state index contributed by atoms with van der Waals surface area (Å²) in [7, 11) is 1.53. The molecule has 3 rings (SSSR count). The topological polar surface area (TPSA) is 107 Å². The largest absolute Gasteiger partial charge is 0.496 e. The summed E-state index contributed by atoms with van der Waals surface area (Å²) in [6.45, 7) is 3.54. The molecule has 0 aliphatic rings. The van der Waals surface area contributed by atoms with E-state index in [1.807, 2.05) is 0 Å². The minimum absolute atomic E-state index is 0.292. The first-order valence-electron chi connectivity index (χ1n) is 7.31. The highest BCUT2D eigenvalue weighted by Gasteiger charge is 2.30. The minimum atomic E-state index is -0.622. The summed E-state index contributed by atoms with van der Waals surface area (Å²) >= 11 is 6.16. The van der Waals surface area contributed by atoms with Crippen LogP contribution in [-0.4, -0.2) is 27.5 Å². The van der Waals surface area contributed by atoms with Crippen molar-refractivity contribution in [3.8, 4) is 5.75 Å². The standard InChI is InChI=1S/C16H17ClN4O3/c1-7-12(15(22)20-18-7)14(13-8(2)19-21-16(13)23)10-6-9(17)4-5-11(10)24-3/h4-6,14H,1-3H3,(H2,18,20,22)(H2,19,21,23). The molecule has 1 aromatic carbocycles. The molecule has 7 nitrogen and oxygen atoms in total. The van der Waals surface area contributed by atoms with Crippen molar-refractivity contribution in [1.29, 1.82) is 0 Å². The lowest BCUT2D eigenvalue weighted by atomic mass is 9.85. The van der Waals surface area contributed by atoms with Gasteiger partial charge in [-0.1, -0.05) is 11.6 Å². The fourth-order valence-corrected chi connectivity index (χ4v) is 3.17. The SMILES string of the molecule is COc1ccc(Cl)cc1C(c1c(C)[nH][nH]c1=O)c1c(C)[nH][nH]c1=O. The lowest BCUT2D eigenvalue weighted by Gasteiger charge is -2.19. The van der Waals surface area contributed by atoms with E-state index in [0.717, 1.165) is 0 Å². The van der Waals surface area contributed by atoms with Crippen LogP contribution in [0.2, 0.25) is 5.02 Å². The van der Waals surface area contributed by atoms with Crippen molar-refractivity contribution in [3.63, 3.8) is 0 Å². The highest BCUT2D eigenvalue weighted by Crippen LogP contribution is 2.37. The summed E-state index contributed by atoms with van der Waals surface area (Å²) in [5.74, 6) is -0.0759. The van der Waals surface area contributed by atoms with Crippen molar-refractivity contribution in [2.45, 2.75) is 19.8 Å². The van der Waals surface area contributed by atoms with Crippen LogP contribution >= 0.6 is 11.6 Å². The van der Waals surface area contributed by atoms with Gasteiger partial charge in [-0.25, -0.2) is 0 Å². The van der Waals surface area contributed by atoms with Crippen molar-refractivity contribution >= 4 is 11.6 Å². The number of halogens is 1. The first kappa shape index (κ1) is 16.2. The lowest BCUT2D eigenvalue weighted by molar-refractivity contribution is 0.409. The summed E-state index contributed by atoms with van der Waals surface area (Å²) in [6, 6.07) is 5.13. The number of ether oxygens (including phenoxy) is 1. The van der Waals surface area contributed by atoms with Gasteiger partial charge in [-0.15, -0.1) is 0 Å². The number of benzene rings is 1. The molecule has 0 aliphatic heterocycles. The molecule has 0 saturated carbocycles. The van der Waals surface area contributed by atoms with Gasteiger partial charge in [0, 0.05) is 22.0 Å². The molecule has 8 heteroatoms. The first-order valence-corrected chi connectivity index (χ1v) is 7.69. The van der Waals surface area contributed by atoms with Crippen LogP contribution in [0, 0.1) is 13.8 Å². The van der Waals surface area contributed by atoms with Crippen LogP contribution in [-0.2, 0) is 0 Å². The molecule has 0 saturated heterocycles. The van der Waals surface area contributed by atoms with Crippen molar-refractivity contribution in [3.05, 3.63) is 72.0 Å². The van der Waals surface area contributed by atoms with Gasteiger partial charge in [0.15, 0.2) is 0 Å². The Balaban J connectivity index is 2.39. The molecule has 0 radical (unpaired) electrons. The molecule has 2 aromatic heterocycles. The number of aryl methyl sites for hydroxylation is 2. The molecule has 0 bridgehead atoms. The Morgan fingerprint density at radius 1 is 0.958 bits per heavy atom. The Morgan fingerprint density at radius 3 is 1.92 bits per heavy atom. The first-order chi connectivity index (χ1) is 11.4. The predicted octanol–water partition coefficient (Wildman–Crippen LogP) is 2.18. The number of rotatable bonds is 4. The smallest absolute Gasteiger partial charge is 0.268 e. The Morgan fingerprint density at radius 2 is 1.50 bits per heavy atom. The van der Waals surface area contributed by atoms with Gasteiger partial charge in [0.2, 0.25) is 0 Å². The zero-order chi connectivity index (χ0) is 17.4. The fraction of sp³-hybridized carbons (Fsp3) is 0.250. The summed E-state index contributed by atoms with van der Waals surface area (Å²) < 4.78 is 5.43. The number of hydrogen-bond acceptors (Lipinski definition) is 3. The Kier molecular flexibility index (Phi) is 4.11. The van der Waals surface area contributed by atoms with Crippen LogP contribution in [0.4, 0.5) is 0 Å². The third kappa shape index (κ3) is 2.56. The maximum Gasteiger partial charge on any atom is 0.268 e. The van der Waals surface area contributed by atoms with Crippen molar-refractivity contribution < 1.29 is 4.74 Å². The predicted molar refractivity (Wildman–Crippen MR) is 91.2 cm³/mol. The van der Waals surface area contributed by atoms with Gasteiger partial charge < -0.3 is 14.9 Å². The molecule has 24 heavy (non-hydrogen) atoms. The second-order valence-electron chi connectivity index (χ2n) is 5.55. The molecule has 0 amide bonds. The molecular weight excluding hydrogens is 332 g/mol. The van der Waals surface area contributed by atoms with Gasteiger partial charge in [0.25, 0.3) is 11.1 Å². The number of aromatic amines is 4. The number of H-pyrrole nitrogens is 4.